The van der Waals surface area contributed by atoms with Gasteiger partial charge in [0.1, 0.15) is 5.82 Å². The molecule has 0 aliphatic carbocycles. The van der Waals surface area contributed by atoms with Crippen molar-refractivity contribution >= 4 is 27.5 Å². The average molecular weight is 353 g/mol. The number of carbonyl (C=O) groups is 1. The zero-order valence-electron chi connectivity index (χ0n) is 11.0. The van der Waals surface area contributed by atoms with Crippen LogP contribution in [0.25, 0.3) is 0 Å². The van der Waals surface area contributed by atoms with E-state index in [1.807, 2.05) is 0 Å². The topological polar surface area (TPSA) is 101 Å². The van der Waals surface area contributed by atoms with Gasteiger partial charge in [0, 0.05) is 47.5 Å². The van der Waals surface area contributed by atoms with Gasteiger partial charge in [-0.25, -0.2) is 4.98 Å². The molecule has 1 heterocycles. The van der Waals surface area contributed by atoms with Crippen LogP contribution in [-0.4, -0.2) is 27.3 Å². The monoisotopic (exact) mass is 352 g/mol. The number of amides is 1. The molecule has 2 rings (SSSR count). The Morgan fingerprint density at radius 2 is 2.24 bits per heavy atom. The first kappa shape index (κ1) is 15.2. The number of aromatic amines is 1. The Kier molecular flexibility index (Phi) is 5.04. The zero-order valence-corrected chi connectivity index (χ0v) is 12.6. The summed E-state index contributed by atoms with van der Waals surface area (Å²) >= 11 is 3.16. The van der Waals surface area contributed by atoms with Crippen LogP contribution in [0.15, 0.2) is 35.1 Å². The van der Waals surface area contributed by atoms with Crippen LogP contribution < -0.4 is 5.32 Å². The minimum Gasteiger partial charge on any atom is -0.352 e. The largest absolute Gasteiger partial charge is 0.352 e. The third-order valence-corrected chi connectivity index (χ3v) is 3.24. The normalized spacial score (nSPS) is 10.3. The number of hydrogen-bond donors (Lipinski definition) is 2. The molecular formula is C13H13BrN4O3. The summed E-state index contributed by atoms with van der Waals surface area (Å²) in [6.45, 7) is 0.472. The minimum atomic E-state index is -0.529. The van der Waals surface area contributed by atoms with Gasteiger partial charge in [0.25, 0.3) is 11.6 Å². The molecule has 0 aliphatic rings. The summed E-state index contributed by atoms with van der Waals surface area (Å²) in [6, 6.07) is 4.16. The molecule has 2 N–H and O–H groups in total. The Bertz CT molecular complexity index is 643. The van der Waals surface area contributed by atoms with Crippen LogP contribution in [0.5, 0.6) is 0 Å². The highest BCUT2D eigenvalue weighted by atomic mass is 79.9. The fourth-order valence-corrected chi connectivity index (χ4v) is 2.29. The third kappa shape index (κ3) is 4.38. The summed E-state index contributed by atoms with van der Waals surface area (Å²) in [5.74, 6) is 0.529. The van der Waals surface area contributed by atoms with Crippen molar-refractivity contribution in [3.05, 3.63) is 56.6 Å². The lowest BCUT2D eigenvalue weighted by Crippen LogP contribution is -2.25. The van der Waals surface area contributed by atoms with E-state index in [-0.39, 0.29) is 17.2 Å². The summed E-state index contributed by atoms with van der Waals surface area (Å²) in [4.78, 5) is 29.3. The van der Waals surface area contributed by atoms with E-state index in [9.17, 15) is 14.9 Å². The SMILES string of the molecule is O=C(NCCCc1ncc[nH]1)c1cc(Br)cc([N+](=O)[O-])c1. The lowest BCUT2D eigenvalue weighted by Gasteiger charge is -2.05. The summed E-state index contributed by atoms with van der Waals surface area (Å²) in [7, 11) is 0. The number of halogens is 1. The second-order valence-corrected chi connectivity index (χ2v) is 5.27. The molecule has 0 saturated carbocycles. The van der Waals surface area contributed by atoms with Crippen LogP contribution in [0, 0.1) is 10.1 Å². The van der Waals surface area contributed by atoms with Crippen LogP contribution in [-0.2, 0) is 6.42 Å². The first-order valence-electron chi connectivity index (χ1n) is 6.27. The number of hydrogen-bond acceptors (Lipinski definition) is 4. The predicted octanol–water partition coefficient (Wildman–Crippen LogP) is 2.44. The molecule has 0 fully saturated rings. The van der Waals surface area contributed by atoms with Crippen LogP contribution in [0.1, 0.15) is 22.6 Å². The van der Waals surface area contributed by atoms with E-state index in [0.717, 1.165) is 18.7 Å². The Morgan fingerprint density at radius 3 is 2.90 bits per heavy atom. The molecule has 0 bridgehead atoms. The van der Waals surface area contributed by atoms with Crippen LogP contribution in [0.4, 0.5) is 5.69 Å². The molecule has 0 unspecified atom stereocenters. The molecule has 7 nitrogen and oxygen atoms in total. The molecular weight excluding hydrogens is 340 g/mol. The van der Waals surface area contributed by atoms with Crippen molar-refractivity contribution in [1.82, 2.24) is 15.3 Å². The molecule has 0 aliphatic heterocycles. The van der Waals surface area contributed by atoms with Crippen molar-refractivity contribution in [2.45, 2.75) is 12.8 Å². The number of nitro benzene ring substituents is 1. The van der Waals surface area contributed by atoms with Gasteiger partial charge in [0.15, 0.2) is 0 Å². The van der Waals surface area contributed by atoms with E-state index < -0.39 is 4.92 Å². The van der Waals surface area contributed by atoms with Gasteiger partial charge in [0.2, 0.25) is 0 Å². The second kappa shape index (κ2) is 6.98. The molecule has 0 atom stereocenters. The number of aromatic nitrogens is 2. The molecule has 1 amide bonds. The predicted molar refractivity (Wildman–Crippen MR) is 80.0 cm³/mol. The molecule has 1 aromatic carbocycles. The Morgan fingerprint density at radius 1 is 1.43 bits per heavy atom. The van der Waals surface area contributed by atoms with Gasteiger partial charge in [-0.1, -0.05) is 15.9 Å². The molecule has 0 spiro atoms. The number of rotatable bonds is 6. The molecule has 2 aromatic rings. The molecule has 110 valence electrons. The average Bonchev–Trinajstić information content (AvgIpc) is 2.95. The van der Waals surface area contributed by atoms with E-state index >= 15 is 0 Å². The molecule has 21 heavy (non-hydrogen) atoms. The number of H-pyrrole nitrogens is 1. The van der Waals surface area contributed by atoms with Crippen molar-refractivity contribution in [2.24, 2.45) is 0 Å². The number of nitro groups is 1. The second-order valence-electron chi connectivity index (χ2n) is 4.35. The van der Waals surface area contributed by atoms with E-state index in [1.54, 1.807) is 18.5 Å². The van der Waals surface area contributed by atoms with Crippen molar-refractivity contribution in [3.8, 4) is 0 Å². The zero-order chi connectivity index (χ0) is 15.2. The van der Waals surface area contributed by atoms with E-state index in [0.29, 0.717) is 11.0 Å². The van der Waals surface area contributed by atoms with Gasteiger partial charge in [-0.3, -0.25) is 14.9 Å². The Labute approximate surface area is 129 Å². The first-order valence-corrected chi connectivity index (χ1v) is 7.07. The molecule has 8 heteroatoms. The summed E-state index contributed by atoms with van der Waals surface area (Å²) in [5, 5.41) is 13.5. The number of nitrogens with one attached hydrogen (secondary N) is 2. The fourth-order valence-electron chi connectivity index (χ4n) is 1.81. The van der Waals surface area contributed by atoms with Gasteiger partial charge >= 0.3 is 0 Å². The molecule has 0 radical (unpaired) electrons. The highest BCUT2D eigenvalue weighted by Gasteiger charge is 2.13. The number of aryl methyl sites for hydroxylation is 1. The van der Waals surface area contributed by atoms with E-state index in [4.69, 9.17) is 0 Å². The maximum atomic E-state index is 12.0. The van der Waals surface area contributed by atoms with Gasteiger partial charge < -0.3 is 10.3 Å². The maximum absolute atomic E-state index is 12.0. The highest BCUT2D eigenvalue weighted by molar-refractivity contribution is 9.10. The Balaban J connectivity index is 1.89. The Hall–Kier alpha value is -2.22. The van der Waals surface area contributed by atoms with Crippen molar-refractivity contribution in [1.29, 1.82) is 0 Å². The number of non-ortho nitro benzene ring substituents is 1. The number of benzene rings is 1. The van der Waals surface area contributed by atoms with Crippen LogP contribution >= 0.6 is 15.9 Å². The summed E-state index contributed by atoms with van der Waals surface area (Å²) in [6.07, 6.45) is 4.88. The first-order chi connectivity index (χ1) is 10.1. The lowest BCUT2D eigenvalue weighted by atomic mass is 10.2. The molecule has 0 saturated heterocycles. The van der Waals surface area contributed by atoms with Crippen LogP contribution in [0.2, 0.25) is 0 Å². The fraction of sp³-hybridized carbons (Fsp3) is 0.231. The smallest absolute Gasteiger partial charge is 0.271 e. The van der Waals surface area contributed by atoms with Gasteiger partial charge in [0.05, 0.1) is 4.92 Å². The van der Waals surface area contributed by atoms with Gasteiger partial charge in [-0.15, -0.1) is 0 Å². The van der Waals surface area contributed by atoms with Gasteiger partial charge in [-0.2, -0.15) is 0 Å². The maximum Gasteiger partial charge on any atom is 0.271 e. The summed E-state index contributed by atoms with van der Waals surface area (Å²) < 4.78 is 0.498. The van der Waals surface area contributed by atoms with Crippen LogP contribution in [0.3, 0.4) is 0 Å². The third-order valence-electron chi connectivity index (χ3n) is 2.79. The minimum absolute atomic E-state index is 0.120. The lowest BCUT2D eigenvalue weighted by molar-refractivity contribution is -0.385. The van der Waals surface area contributed by atoms with E-state index in [1.165, 1.54) is 12.1 Å². The van der Waals surface area contributed by atoms with Gasteiger partial charge in [-0.05, 0) is 12.5 Å². The highest BCUT2D eigenvalue weighted by Crippen LogP contribution is 2.21. The number of imidazole rings is 1. The van der Waals surface area contributed by atoms with E-state index in [2.05, 4.69) is 31.2 Å². The number of carbonyl (C=O) groups excluding carboxylic acids is 1. The molecule has 1 aromatic heterocycles. The van der Waals surface area contributed by atoms with Crippen molar-refractivity contribution in [3.63, 3.8) is 0 Å². The quantitative estimate of drug-likeness (QED) is 0.473. The van der Waals surface area contributed by atoms with Crippen molar-refractivity contribution in [2.75, 3.05) is 6.54 Å². The standard InChI is InChI=1S/C13H13BrN4O3/c14-10-6-9(7-11(8-10)18(20)21)13(19)17-3-1-2-12-15-4-5-16-12/h4-8H,1-3H2,(H,15,16)(H,17,19). The van der Waals surface area contributed by atoms with Crippen molar-refractivity contribution < 1.29 is 9.72 Å². The number of nitrogens with zero attached hydrogens (tertiary/aromatic N) is 2. The summed E-state index contributed by atoms with van der Waals surface area (Å²) in [5.41, 5.74) is 0.138.